The minimum atomic E-state index is -0.564. The van der Waals surface area contributed by atoms with Crippen LogP contribution in [0.15, 0.2) is 66.7 Å². The zero-order valence-corrected chi connectivity index (χ0v) is 24.8. The lowest BCUT2D eigenvalue weighted by atomic mass is 9.44. The van der Waals surface area contributed by atoms with E-state index >= 15 is 0 Å². The van der Waals surface area contributed by atoms with Gasteiger partial charge in [0, 0.05) is 53.8 Å². The maximum Gasteiger partial charge on any atom is 0.233 e. The molecule has 0 spiro atoms. The number of amides is 2. The van der Waals surface area contributed by atoms with Crippen LogP contribution in [0.3, 0.4) is 0 Å². The molecule has 0 aromatic heterocycles. The molecule has 4 aromatic carbocycles. The number of fused-ring (bicyclic) bond motifs is 8. The van der Waals surface area contributed by atoms with E-state index in [1.54, 1.807) is 6.07 Å². The van der Waals surface area contributed by atoms with Crippen LogP contribution in [-0.4, -0.2) is 41.8 Å². The number of rotatable bonds is 4. The van der Waals surface area contributed by atoms with Crippen LogP contribution in [0, 0.1) is 10.8 Å². The van der Waals surface area contributed by atoms with Crippen molar-refractivity contribution < 1.29 is 14.7 Å². The first-order chi connectivity index (χ1) is 20.4. The molecule has 7 heteroatoms. The first kappa shape index (κ1) is 26.4. The summed E-state index contributed by atoms with van der Waals surface area (Å²) < 4.78 is 0. The number of hydrogen-bond acceptors (Lipinski definition) is 3. The van der Waals surface area contributed by atoms with Crippen LogP contribution in [0.25, 0.3) is 21.5 Å². The minimum Gasteiger partial charge on any atom is -0.507 e. The SMILES string of the molecule is O=C(N1C[C@@H](CCl)c2c1ccc1ccccc21)C12CCCC(C(=O)N3C[C@@H](CCl)c4c3cc(O)c3ccccc43)(C1)C2. The van der Waals surface area contributed by atoms with E-state index in [0.717, 1.165) is 63.3 Å². The summed E-state index contributed by atoms with van der Waals surface area (Å²) >= 11 is 12.9. The van der Waals surface area contributed by atoms with Crippen molar-refractivity contribution in [3.05, 3.63) is 77.9 Å². The van der Waals surface area contributed by atoms with Crippen molar-refractivity contribution in [3.63, 3.8) is 0 Å². The highest BCUT2D eigenvalue weighted by Gasteiger charge is 2.66. The minimum absolute atomic E-state index is 0.00835. The topological polar surface area (TPSA) is 60.9 Å². The van der Waals surface area contributed by atoms with Crippen molar-refractivity contribution in [2.45, 2.75) is 43.9 Å². The summed E-state index contributed by atoms with van der Waals surface area (Å²) in [6.45, 7) is 1.08. The Hall–Kier alpha value is -3.28. The first-order valence-electron chi connectivity index (χ1n) is 14.9. The van der Waals surface area contributed by atoms with Gasteiger partial charge in [-0.05, 0) is 59.0 Å². The number of benzene rings is 4. The van der Waals surface area contributed by atoms with Crippen molar-refractivity contribution >= 4 is 67.9 Å². The van der Waals surface area contributed by atoms with E-state index < -0.39 is 10.8 Å². The van der Waals surface area contributed by atoms with Crippen molar-refractivity contribution in [1.82, 2.24) is 0 Å². The van der Waals surface area contributed by atoms with Crippen molar-refractivity contribution in [1.29, 1.82) is 0 Å². The monoisotopic (exact) mass is 598 g/mol. The van der Waals surface area contributed by atoms with Crippen molar-refractivity contribution in [2.24, 2.45) is 10.8 Å². The second kappa shape index (κ2) is 9.36. The Morgan fingerprint density at radius 2 is 1.29 bits per heavy atom. The molecule has 2 amide bonds. The summed E-state index contributed by atoms with van der Waals surface area (Å²) in [6.07, 6.45) is 3.57. The summed E-state index contributed by atoms with van der Waals surface area (Å²) in [5.74, 6) is 1.30. The summed E-state index contributed by atoms with van der Waals surface area (Å²) in [5, 5.41) is 14.9. The zero-order valence-electron chi connectivity index (χ0n) is 23.3. The molecule has 214 valence electrons. The Kier molecular flexibility index (Phi) is 5.87. The quantitative estimate of drug-likeness (QED) is 0.245. The number of carbonyl (C=O) groups is 2. The van der Waals surface area contributed by atoms with Gasteiger partial charge in [0.05, 0.1) is 16.5 Å². The van der Waals surface area contributed by atoms with Gasteiger partial charge in [-0.1, -0.05) is 61.0 Å². The van der Waals surface area contributed by atoms with Crippen LogP contribution in [0.2, 0.25) is 0 Å². The molecule has 4 aromatic rings. The lowest BCUT2D eigenvalue weighted by Gasteiger charge is -2.59. The van der Waals surface area contributed by atoms with Crippen LogP contribution in [0.4, 0.5) is 11.4 Å². The Labute approximate surface area is 255 Å². The van der Waals surface area contributed by atoms with E-state index in [1.165, 1.54) is 0 Å². The second-order valence-corrected chi connectivity index (χ2v) is 13.5. The number of anilines is 2. The molecule has 0 saturated heterocycles. The molecule has 1 N–H and O–H groups in total. The van der Waals surface area contributed by atoms with E-state index in [2.05, 4.69) is 24.3 Å². The fourth-order valence-electron chi connectivity index (χ4n) is 8.87. The van der Waals surface area contributed by atoms with E-state index in [4.69, 9.17) is 23.2 Å². The van der Waals surface area contributed by atoms with Gasteiger partial charge in [-0.15, -0.1) is 23.2 Å². The summed E-state index contributed by atoms with van der Waals surface area (Å²) in [6, 6.07) is 22.0. The van der Waals surface area contributed by atoms with Crippen LogP contribution in [0.5, 0.6) is 5.75 Å². The summed E-state index contributed by atoms with van der Waals surface area (Å²) in [5.41, 5.74) is 2.83. The van der Waals surface area contributed by atoms with Crippen LogP contribution in [-0.2, 0) is 9.59 Å². The molecule has 2 heterocycles. The molecule has 2 bridgehead atoms. The van der Waals surface area contributed by atoms with E-state index in [1.807, 2.05) is 46.2 Å². The zero-order chi connectivity index (χ0) is 28.8. The lowest BCUT2D eigenvalue weighted by molar-refractivity contribution is -0.165. The van der Waals surface area contributed by atoms with Crippen LogP contribution in [0.1, 0.15) is 55.1 Å². The molecule has 42 heavy (non-hydrogen) atoms. The fourth-order valence-corrected chi connectivity index (χ4v) is 9.38. The third-order valence-electron chi connectivity index (χ3n) is 10.6. The summed E-state index contributed by atoms with van der Waals surface area (Å²) in [4.78, 5) is 32.6. The number of phenols is 1. The fraction of sp³-hybridized carbons (Fsp3) is 0.371. The van der Waals surface area contributed by atoms with Gasteiger partial charge >= 0.3 is 0 Å². The number of halogens is 2. The van der Waals surface area contributed by atoms with Gasteiger partial charge in [-0.3, -0.25) is 9.59 Å². The molecule has 3 fully saturated rings. The maximum absolute atomic E-state index is 14.4. The standard InChI is InChI=1S/C35H32Cl2N2O3/c36-15-22-17-38(27-11-10-21-6-1-2-7-24(21)30(22)27)32(41)34-12-5-13-35(19-34,20-34)33(42)39-18-23(16-37)31-26-9-4-3-8-25(26)29(40)14-28(31)39/h1-4,6-11,14,22-23,40H,5,12-13,15-20H2/t22-,23-,34?,35?/m1/s1. The van der Waals surface area contributed by atoms with Crippen molar-refractivity contribution in [3.8, 4) is 5.75 Å². The normalized spacial score (nSPS) is 27.7. The largest absolute Gasteiger partial charge is 0.507 e. The molecule has 5 aliphatic rings. The number of aromatic hydroxyl groups is 1. The molecule has 9 rings (SSSR count). The number of nitrogens with zero attached hydrogens (tertiary/aromatic N) is 2. The highest BCUT2D eigenvalue weighted by atomic mass is 35.5. The number of phenolic OH excluding ortho intramolecular Hbond substituents is 1. The van der Waals surface area contributed by atoms with E-state index in [0.29, 0.717) is 37.7 Å². The average Bonchev–Trinajstić information content (AvgIpc) is 3.59. The Morgan fingerprint density at radius 1 is 0.738 bits per heavy atom. The third kappa shape index (κ3) is 3.50. The van der Waals surface area contributed by atoms with E-state index in [9.17, 15) is 14.7 Å². The average molecular weight is 600 g/mol. The highest BCUT2D eigenvalue weighted by molar-refractivity contribution is 6.20. The number of alkyl halides is 2. The van der Waals surface area contributed by atoms with Crippen molar-refractivity contribution in [2.75, 3.05) is 34.6 Å². The Morgan fingerprint density at radius 3 is 1.93 bits per heavy atom. The van der Waals surface area contributed by atoms with Gasteiger partial charge in [-0.25, -0.2) is 0 Å². The lowest BCUT2D eigenvalue weighted by Crippen LogP contribution is -2.63. The number of hydrogen-bond donors (Lipinski definition) is 1. The molecular formula is C35H32Cl2N2O3. The molecule has 0 radical (unpaired) electrons. The van der Waals surface area contributed by atoms with Gasteiger partial charge < -0.3 is 14.9 Å². The van der Waals surface area contributed by atoms with Gasteiger partial charge in [-0.2, -0.15) is 0 Å². The van der Waals surface area contributed by atoms with Gasteiger partial charge in [0.25, 0.3) is 0 Å². The molecule has 2 aliphatic heterocycles. The van der Waals surface area contributed by atoms with Gasteiger partial charge in [0.15, 0.2) is 0 Å². The molecule has 3 aliphatic carbocycles. The predicted octanol–water partition coefficient (Wildman–Crippen LogP) is 7.69. The Bertz CT molecular complexity index is 1800. The highest BCUT2D eigenvalue weighted by Crippen LogP contribution is 2.66. The molecule has 0 unspecified atom stereocenters. The smallest absolute Gasteiger partial charge is 0.233 e. The van der Waals surface area contributed by atoms with Gasteiger partial charge in [0.1, 0.15) is 5.75 Å². The van der Waals surface area contributed by atoms with E-state index in [-0.39, 0.29) is 29.4 Å². The molecule has 2 atom stereocenters. The molecule has 5 nitrogen and oxygen atoms in total. The Balaban J connectivity index is 1.11. The van der Waals surface area contributed by atoms with Gasteiger partial charge in [0.2, 0.25) is 11.8 Å². The maximum atomic E-state index is 14.4. The third-order valence-corrected chi connectivity index (χ3v) is 11.4. The molecular weight excluding hydrogens is 567 g/mol. The number of carbonyl (C=O) groups excluding carboxylic acids is 2. The predicted molar refractivity (Wildman–Crippen MR) is 169 cm³/mol. The summed E-state index contributed by atoms with van der Waals surface area (Å²) in [7, 11) is 0. The van der Waals surface area contributed by atoms with Crippen LogP contribution >= 0.6 is 23.2 Å². The molecule has 3 saturated carbocycles. The first-order valence-corrected chi connectivity index (χ1v) is 16.0. The second-order valence-electron chi connectivity index (χ2n) is 12.9. The van der Waals surface area contributed by atoms with Crippen LogP contribution < -0.4 is 9.80 Å².